The molecule has 1 aliphatic heterocycles. The van der Waals surface area contributed by atoms with Crippen molar-refractivity contribution < 1.29 is 19.2 Å². The SMILES string of the molecule is CC(=O)[O-].COc1ccc(C2=C(C=Nc3cnn(Cc4cccc(Cl)c4)c3N)Cc3cccc[n+]32)cc1. The van der Waals surface area contributed by atoms with Crippen molar-refractivity contribution in [2.75, 3.05) is 12.8 Å². The molecule has 1 aliphatic rings. The number of aliphatic imine (C=N–C) groups is 1. The standard InChI is InChI=1S/C26H23ClN5O.C2H4O2/c1-33-23-10-8-19(9-11-23)25-20(14-22-7-2-3-12-31(22)25)15-29-24-16-30-32(26(24)28)17-18-5-4-6-21(27)13-18;1-2(3)4/h2-13,15-16H,14,17,28H2,1H3;1H3,(H,3,4)/q+1;/p-1. The molecular formula is C28H26ClN5O3. The number of aliphatic carboxylic acids is 1. The van der Waals surface area contributed by atoms with Crippen LogP contribution in [0.4, 0.5) is 11.5 Å². The van der Waals surface area contributed by atoms with E-state index >= 15 is 0 Å². The largest absolute Gasteiger partial charge is 0.550 e. The van der Waals surface area contributed by atoms with Gasteiger partial charge in [0.2, 0.25) is 5.70 Å². The molecule has 0 radical (unpaired) electrons. The van der Waals surface area contributed by atoms with Crippen molar-refractivity contribution in [1.29, 1.82) is 0 Å². The zero-order valence-electron chi connectivity index (χ0n) is 20.5. The lowest BCUT2D eigenvalue weighted by atomic mass is 10.1. The van der Waals surface area contributed by atoms with Gasteiger partial charge in [0.05, 0.1) is 31.8 Å². The van der Waals surface area contributed by atoms with Gasteiger partial charge in [0.25, 0.3) is 0 Å². The maximum atomic E-state index is 8.89. The van der Waals surface area contributed by atoms with E-state index in [2.05, 4.69) is 40.1 Å². The van der Waals surface area contributed by atoms with Gasteiger partial charge in [-0.1, -0.05) is 29.8 Å². The highest BCUT2D eigenvalue weighted by Crippen LogP contribution is 2.27. The topological polar surface area (TPSA) is 109 Å². The summed E-state index contributed by atoms with van der Waals surface area (Å²) >= 11 is 6.10. The minimum atomic E-state index is -1.08. The summed E-state index contributed by atoms with van der Waals surface area (Å²) in [5.41, 5.74) is 12.5. The molecule has 0 spiro atoms. The van der Waals surface area contributed by atoms with Gasteiger partial charge in [-0.05, 0) is 48.9 Å². The molecule has 188 valence electrons. The average molecular weight is 516 g/mol. The van der Waals surface area contributed by atoms with Crippen molar-refractivity contribution in [2.45, 2.75) is 19.9 Å². The Balaban J connectivity index is 0.000000747. The highest BCUT2D eigenvalue weighted by Gasteiger charge is 2.30. The lowest BCUT2D eigenvalue weighted by Gasteiger charge is -2.05. The second-order valence-electron chi connectivity index (χ2n) is 8.29. The third-order valence-corrected chi connectivity index (χ3v) is 5.90. The van der Waals surface area contributed by atoms with Crippen molar-refractivity contribution >= 4 is 41.0 Å². The van der Waals surface area contributed by atoms with Crippen molar-refractivity contribution in [3.8, 4) is 5.75 Å². The molecule has 8 nitrogen and oxygen atoms in total. The molecule has 37 heavy (non-hydrogen) atoms. The number of anilines is 1. The number of aromatic nitrogens is 3. The Hall–Kier alpha value is -4.43. The highest BCUT2D eigenvalue weighted by molar-refractivity contribution is 6.30. The number of nitrogen functional groups attached to an aromatic ring is 1. The van der Waals surface area contributed by atoms with Gasteiger partial charge in [-0.2, -0.15) is 9.67 Å². The maximum Gasteiger partial charge on any atom is 0.223 e. The quantitative estimate of drug-likeness (QED) is 0.312. The summed E-state index contributed by atoms with van der Waals surface area (Å²) in [5, 5.41) is 14.0. The van der Waals surface area contributed by atoms with Crippen LogP contribution >= 0.6 is 11.6 Å². The fourth-order valence-corrected chi connectivity index (χ4v) is 4.23. The Morgan fingerprint density at radius 2 is 1.97 bits per heavy atom. The molecule has 9 heteroatoms. The van der Waals surface area contributed by atoms with Crippen LogP contribution in [0.15, 0.2) is 89.7 Å². The van der Waals surface area contributed by atoms with E-state index in [4.69, 9.17) is 37.0 Å². The Bertz CT molecular complexity index is 1470. The van der Waals surface area contributed by atoms with Crippen LogP contribution < -0.4 is 20.1 Å². The van der Waals surface area contributed by atoms with Crippen LogP contribution in [-0.2, 0) is 17.8 Å². The molecule has 2 aromatic heterocycles. The number of pyridine rings is 1. The molecule has 2 N–H and O–H groups in total. The number of halogens is 1. The van der Waals surface area contributed by atoms with Crippen LogP contribution in [0, 0.1) is 0 Å². The number of benzene rings is 2. The molecule has 0 fully saturated rings. The average Bonchev–Trinajstić information content (AvgIpc) is 3.42. The third kappa shape index (κ3) is 6.23. The van der Waals surface area contributed by atoms with Gasteiger partial charge < -0.3 is 20.4 Å². The van der Waals surface area contributed by atoms with Gasteiger partial charge in [0.1, 0.15) is 17.3 Å². The summed E-state index contributed by atoms with van der Waals surface area (Å²) < 4.78 is 9.25. The number of fused-ring (bicyclic) bond motifs is 1. The number of carbonyl (C=O) groups is 1. The van der Waals surface area contributed by atoms with Gasteiger partial charge in [-0.15, -0.1) is 0 Å². The van der Waals surface area contributed by atoms with E-state index in [9.17, 15) is 0 Å². The minimum absolute atomic E-state index is 0.515. The number of ether oxygens (including phenoxy) is 1. The highest BCUT2D eigenvalue weighted by atomic mass is 35.5. The molecule has 5 rings (SSSR count). The molecule has 0 aliphatic carbocycles. The van der Waals surface area contributed by atoms with Gasteiger partial charge >= 0.3 is 0 Å². The molecule has 0 atom stereocenters. The van der Waals surface area contributed by atoms with Crippen LogP contribution in [0.1, 0.15) is 23.7 Å². The predicted octanol–water partition coefficient (Wildman–Crippen LogP) is 3.44. The maximum absolute atomic E-state index is 8.89. The second-order valence-corrected chi connectivity index (χ2v) is 8.73. The van der Waals surface area contributed by atoms with E-state index in [1.165, 1.54) is 5.69 Å². The molecular weight excluding hydrogens is 490 g/mol. The first-order valence-corrected chi connectivity index (χ1v) is 11.9. The van der Waals surface area contributed by atoms with E-state index in [0.29, 0.717) is 23.1 Å². The fourth-order valence-electron chi connectivity index (χ4n) is 4.02. The molecule has 0 saturated heterocycles. The molecule has 0 unspecified atom stereocenters. The number of carboxylic acids is 1. The summed E-state index contributed by atoms with van der Waals surface area (Å²) in [6.07, 6.45) is 6.44. The van der Waals surface area contributed by atoms with Gasteiger partial charge in [-0.25, -0.2) is 4.68 Å². The Morgan fingerprint density at radius 3 is 2.68 bits per heavy atom. The van der Waals surface area contributed by atoms with Crippen LogP contribution in [-0.4, -0.2) is 29.1 Å². The van der Waals surface area contributed by atoms with Crippen LogP contribution in [0.5, 0.6) is 5.75 Å². The van der Waals surface area contributed by atoms with E-state index in [1.807, 2.05) is 48.7 Å². The smallest absolute Gasteiger partial charge is 0.223 e. The molecule has 0 bridgehead atoms. The van der Waals surface area contributed by atoms with Crippen molar-refractivity contribution in [2.24, 2.45) is 4.99 Å². The summed E-state index contributed by atoms with van der Waals surface area (Å²) in [5.74, 6) is 0.256. The first-order valence-electron chi connectivity index (χ1n) is 11.5. The van der Waals surface area contributed by atoms with E-state index in [0.717, 1.165) is 41.5 Å². The second kappa shape index (κ2) is 11.5. The Labute approximate surface area is 219 Å². The first kappa shape index (κ1) is 25.7. The number of nitrogens with two attached hydrogens (primary N) is 1. The molecule has 0 amide bonds. The molecule has 0 saturated carbocycles. The summed E-state index contributed by atoms with van der Waals surface area (Å²) in [7, 11) is 1.67. The van der Waals surface area contributed by atoms with Gasteiger partial charge in [0, 0.05) is 34.9 Å². The Morgan fingerprint density at radius 1 is 1.22 bits per heavy atom. The zero-order valence-corrected chi connectivity index (χ0v) is 21.2. The normalized spacial score (nSPS) is 12.3. The fraction of sp³-hybridized carbons (Fsp3) is 0.143. The lowest BCUT2D eigenvalue weighted by molar-refractivity contribution is -0.582. The number of rotatable bonds is 6. The van der Waals surface area contributed by atoms with Gasteiger partial charge in [0.15, 0.2) is 11.9 Å². The predicted molar refractivity (Wildman–Crippen MR) is 142 cm³/mol. The summed E-state index contributed by atoms with van der Waals surface area (Å²) in [6, 6.07) is 21.9. The molecule has 3 heterocycles. The van der Waals surface area contributed by atoms with Crippen molar-refractivity contribution in [1.82, 2.24) is 9.78 Å². The molecule has 4 aromatic rings. The van der Waals surface area contributed by atoms with E-state index in [-0.39, 0.29) is 0 Å². The number of carboxylic acid groups (broad SMARTS) is 1. The van der Waals surface area contributed by atoms with Crippen LogP contribution in [0.25, 0.3) is 5.70 Å². The van der Waals surface area contributed by atoms with E-state index in [1.54, 1.807) is 18.0 Å². The lowest BCUT2D eigenvalue weighted by Crippen LogP contribution is -2.33. The number of nitrogens with zero attached hydrogens (tertiary/aromatic N) is 4. The van der Waals surface area contributed by atoms with Crippen LogP contribution in [0.3, 0.4) is 0 Å². The number of hydrogen-bond acceptors (Lipinski definition) is 6. The summed E-state index contributed by atoms with van der Waals surface area (Å²) in [4.78, 5) is 13.6. The number of carbonyl (C=O) groups excluding carboxylic acids is 1. The number of allylic oxidation sites excluding steroid dienone is 1. The first-order chi connectivity index (χ1) is 17.9. The number of hydrogen-bond donors (Lipinski definition) is 1. The van der Waals surface area contributed by atoms with Crippen molar-refractivity contribution in [3.63, 3.8) is 0 Å². The Kier molecular flexibility index (Phi) is 8.00. The van der Waals surface area contributed by atoms with Crippen LogP contribution in [0.2, 0.25) is 5.02 Å². The monoisotopic (exact) mass is 515 g/mol. The summed E-state index contributed by atoms with van der Waals surface area (Å²) in [6.45, 7) is 1.50. The van der Waals surface area contributed by atoms with E-state index < -0.39 is 5.97 Å². The zero-order chi connectivity index (χ0) is 26.4. The van der Waals surface area contributed by atoms with Gasteiger partial charge in [-0.3, -0.25) is 4.99 Å². The third-order valence-electron chi connectivity index (χ3n) is 5.67. The molecule has 2 aromatic carbocycles. The minimum Gasteiger partial charge on any atom is -0.550 e. The van der Waals surface area contributed by atoms with Crippen molar-refractivity contribution in [3.05, 3.63) is 107 Å². The number of methoxy groups -OCH3 is 1.